The zero-order valence-corrected chi connectivity index (χ0v) is 19.9. The topological polar surface area (TPSA) is 97.6 Å². The van der Waals surface area contributed by atoms with E-state index in [4.69, 9.17) is 16.3 Å². The number of halogens is 1. The maximum absolute atomic E-state index is 13.1. The van der Waals surface area contributed by atoms with Gasteiger partial charge in [0.1, 0.15) is 6.04 Å². The van der Waals surface area contributed by atoms with Crippen LogP contribution in [-0.4, -0.2) is 52.0 Å². The van der Waals surface area contributed by atoms with Gasteiger partial charge in [0, 0.05) is 55.3 Å². The first-order valence-electron chi connectivity index (χ1n) is 10.8. The molecule has 3 aromatic rings. The van der Waals surface area contributed by atoms with Gasteiger partial charge in [0.25, 0.3) is 5.56 Å². The Kier molecular flexibility index (Phi) is 6.76. The number of urea groups is 1. The number of nitrogens with one attached hydrogen (secondary N) is 2. The molecule has 2 N–H and O–H groups in total. The largest absolute Gasteiger partial charge is 0.380 e. The molecule has 1 unspecified atom stereocenters. The summed E-state index contributed by atoms with van der Waals surface area (Å²) in [6.07, 6.45) is 0.133. The molecule has 1 fully saturated rings. The Morgan fingerprint density at radius 1 is 1.03 bits per heavy atom. The quantitative estimate of drug-likeness (QED) is 0.581. The molecule has 0 radical (unpaired) electrons. The van der Waals surface area contributed by atoms with E-state index in [1.165, 1.54) is 4.90 Å². The van der Waals surface area contributed by atoms with E-state index in [1.807, 2.05) is 14.0 Å². The van der Waals surface area contributed by atoms with Crippen molar-refractivity contribution in [2.75, 3.05) is 24.3 Å². The normalized spacial score (nSPS) is 17.6. The number of carbonyl (C=O) groups is 2. The van der Waals surface area contributed by atoms with Gasteiger partial charge in [-0.15, -0.1) is 0 Å². The number of benzene rings is 2. The van der Waals surface area contributed by atoms with E-state index >= 15 is 0 Å². The fourth-order valence-electron chi connectivity index (χ4n) is 4.02. The Hall–Kier alpha value is -3.56. The maximum Gasteiger partial charge on any atom is 0.322 e. The first-order valence-corrected chi connectivity index (χ1v) is 11.2. The van der Waals surface area contributed by atoms with Gasteiger partial charge in [0.2, 0.25) is 5.91 Å². The van der Waals surface area contributed by atoms with Crippen LogP contribution in [0.1, 0.15) is 12.1 Å². The molecule has 0 spiro atoms. The summed E-state index contributed by atoms with van der Waals surface area (Å²) < 4.78 is 8.73. The van der Waals surface area contributed by atoms with Crippen molar-refractivity contribution in [1.29, 1.82) is 0 Å². The second kappa shape index (κ2) is 9.74. The van der Waals surface area contributed by atoms with Gasteiger partial charge >= 0.3 is 6.03 Å². The second-order valence-corrected chi connectivity index (χ2v) is 8.63. The third-order valence-corrected chi connectivity index (χ3v) is 6.24. The smallest absolute Gasteiger partial charge is 0.322 e. The molecule has 10 heteroatoms. The minimum absolute atomic E-state index is 0.129. The lowest BCUT2D eigenvalue weighted by molar-refractivity contribution is -0.119. The molecule has 4 rings (SSSR count). The molecule has 34 heavy (non-hydrogen) atoms. The SMILES string of the molecule is CO[C@@H]1CC(C(=O)Nc2ccc(-n3c(=O)cc(C)n3C)cc2)N(C(=O)Nc2ccc(Cl)cc2)C1. The number of ether oxygens (including phenoxy) is 1. The molecule has 1 aliphatic rings. The summed E-state index contributed by atoms with van der Waals surface area (Å²) >= 11 is 5.91. The van der Waals surface area contributed by atoms with Gasteiger partial charge in [-0.1, -0.05) is 11.6 Å². The van der Waals surface area contributed by atoms with Crippen LogP contribution in [-0.2, 0) is 16.6 Å². The zero-order valence-electron chi connectivity index (χ0n) is 19.1. The van der Waals surface area contributed by atoms with Crippen molar-refractivity contribution in [3.05, 3.63) is 75.7 Å². The first-order chi connectivity index (χ1) is 16.3. The summed E-state index contributed by atoms with van der Waals surface area (Å²) in [6, 6.07) is 14.2. The lowest BCUT2D eigenvalue weighted by atomic mass is 10.1. The fourth-order valence-corrected chi connectivity index (χ4v) is 4.15. The van der Waals surface area contributed by atoms with Gasteiger partial charge < -0.3 is 20.3 Å². The summed E-state index contributed by atoms with van der Waals surface area (Å²) in [5.41, 5.74) is 2.54. The number of amides is 3. The third-order valence-electron chi connectivity index (χ3n) is 5.99. The maximum atomic E-state index is 13.1. The van der Waals surface area contributed by atoms with Crippen LogP contribution in [0.4, 0.5) is 16.2 Å². The molecule has 2 atom stereocenters. The molecule has 2 aromatic carbocycles. The molecule has 0 aliphatic carbocycles. The van der Waals surface area contributed by atoms with Crippen molar-refractivity contribution < 1.29 is 14.3 Å². The van der Waals surface area contributed by atoms with E-state index in [0.717, 1.165) is 5.69 Å². The van der Waals surface area contributed by atoms with Crippen molar-refractivity contribution >= 4 is 34.9 Å². The number of carbonyl (C=O) groups excluding carboxylic acids is 2. The van der Waals surface area contributed by atoms with Crippen molar-refractivity contribution in [1.82, 2.24) is 14.3 Å². The second-order valence-electron chi connectivity index (χ2n) is 8.19. The van der Waals surface area contributed by atoms with E-state index in [9.17, 15) is 14.4 Å². The van der Waals surface area contributed by atoms with Gasteiger partial charge in [-0.25, -0.2) is 9.48 Å². The monoisotopic (exact) mass is 483 g/mol. The average molecular weight is 484 g/mol. The molecule has 0 saturated carbocycles. The van der Waals surface area contributed by atoms with Crippen LogP contribution in [0.5, 0.6) is 0 Å². The Morgan fingerprint density at radius 2 is 1.65 bits per heavy atom. The third kappa shape index (κ3) is 4.85. The van der Waals surface area contributed by atoms with Crippen molar-refractivity contribution in [3.8, 4) is 5.69 Å². The summed E-state index contributed by atoms with van der Waals surface area (Å²) in [7, 11) is 3.37. The van der Waals surface area contributed by atoms with Gasteiger partial charge in [0.05, 0.1) is 11.8 Å². The highest BCUT2D eigenvalue weighted by molar-refractivity contribution is 6.30. The van der Waals surface area contributed by atoms with Crippen LogP contribution < -0.4 is 16.2 Å². The molecule has 3 amide bonds. The molecule has 178 valence electrons. The van der Waals surface area contributed by atoms with Crippen molar-refractivity contribution in [2.24, 2.45) is 7.05 Å². The number of anilines is 2. The van der Waals surface area contributed by atoms with Crippen molar-refractivity contribution in [2.45, 2.75) is 25.5 Å². The predicted molar refractivity (Wildman–Crippen MR) is 131 cm³/mol. The number of hydrogen-bond donors (Lipinski definition) is 2. The molecule has 1 aromatic heterocycles. The minimum Gasteiger partial charge on any atom is -0.380 e. The van der Waals surface area contributed by atoms with E-state index < -0.39 is 12.1 Å². The Bertz CT molecular complexity index is 1250. The van der Waals surface area contributed by atoms with Crippen LogP contribution in [0.3, 0.4) is 0 Å². The fraction of sp³-hybridized carbons (Fsp3) is 0.292. The summed E-state index contributed by atoms with van der Waals surface area (Å²) in [5.74, 6) is -0.314. The zero-order chi connectivity index (χ0) is 24.4. The van der Waals surface area contributed by atoms with E-state index in [0.29, 0.717) is 35.1 Å². The number of methoxy groups -OCH3 is 1. The minimum atomic E-state index is -0.699. The molecule has 1 saturated heterocycles. The van der Waals surface area contributed by atoms with Crippen LogP contribution in [0, 0.1) is 6.92 Å². The van der Waals surface area contributed by atoms with Crippen LogP contribution >= 0.6 is 11.6 Å². The van der Waals surface area contributed by atoms with Crippen molar-refractivity contribution in [3.63, 3.8) is 0 Å². The number of aryl methyl sites for hydroxylation is 1. The van der Waals surface area contributed by atoms with Gasteiger partial charge in [-0.2, -0.15) is 0 Å². The van der Waals surface area contributed by atoms with Crippen LogP contribution in [0.25, 0.3) is 5.69 Å². The lowest BCUT2D eigenvalue weighted by Crippen LogP contribution is -2.45. The molecule has 2 heterocycles. The summed E-state index contributed by atoms with van der Waals surface area (Å²) in [5, 5.41) is 6.23. The van der Waals surface area contributed by atoms with Crippen LogP contribution in [0.2, 0.25) is 5.02 Å². The van der Waals surface area contributed by atoms with E-state index in [-0.39, 0.29) is 17.6 Å². The van der Waals surface area contributed by atoms with Crippen LogP contribution in [0.15, 0.2) is 59.4 Å². The average Bonchev–Trinajstić information content (AvgIpc) is 3.37. The Balaban J connectivity index is 1.47. The molecule has 0 bridgehead atoms. The Labute approximate surface area is 201 Å². The highest BCUT2D eigenvalue weighted by Crippen LogP contribution is 2.24. The highest BCUT2D eigenvalue weighted by atomic mass is 35.5. The van der Waals surface area contributed by atoms with Gasteiger partial charge in [0.15, 0.2) is 0 Å². The van der Waals surface area contributed by atoms with E-state index in [1.54, 1.807) is 71.1 Å². The molecule has 9 nitrogen and oxygen atoms in total. The first kappa shape index (κ1) is 23.6. The summed E-state index contributed by atoms with van der Waals surface area (Å²) in [6.45, 7) is 2.15. The lowest BCUT2D eigenvalue weighted by Gasteiger charge is -2.24. The molecular formula is C24H26ClN5O4. The predicted octanol–water partition coefficient (Wildman–Crippen LogP) is 3.40. The summed E-state index contributed by atoms with van der Waals surface area (Å²) in [4.78, 5) is 39.7. The number of rotatable bonds is 5. The number of nitrogens with zero attached hydrogens (tertiary/aromatic N) is 3. The molecule has 1 aliphatic heterocycles. The van der Waals surface area contributed by atoms with E-state index in [2.05, 4.69) is 10.6 Å². The number of likely N-dealkylation sites (tertiary alicyclic amines) is 1. The standard InChI is InChI=1S/C24H26ClN5O4/c1-15-12-22(31)30(28(15)2)19-10-8-17(9-11-19)26-23(32)21-13-20(34-3)14-29(21)24(33)27-18-6-4-16(25)5-7-18/h4-12,20-21H,13-14H2,1-3H3,(H,26,32)(H,27,33)/t20-,21?/m1/s1. The molecular weight excluding hydrogens is 458 g/mol. The Morgan fingerprint density at radius 3 is 2.24 bits per heavy atom. The van der Waals surface area contributed by atoms with Gasteiger partial charge in [-0.3, -0.25) is 14.3 Å². The number of hydrogen-bond acceptors (Lipinski definition) is 4. The van der Waals surface area contributed by atoms with Gasteiger partial charge in [-0.05, 0) is 55.5 Å². The highest BCUT2D eigenvalue weighted by Gasteiger charge is 2.40. The number of aromatic nitrogens is 2.